The van der Waals surface area contributed by atoms with E-state index in [1.165, 1.54) is 0 Å². The average Bonchev–Trinajstić information content (AvgIpc) is 3.62. The first kappa shape index (κ1) is 25.9. The van der Waals surface area contributed by atoms with E-state index in [4.69, 9.17) is 13.9 Å². The van der Waals surface area contributed by atoms with Crippen LogP contribution in [0.4, 0.5) is 0 Å². The summed E-state index contributed by atoms with van der Waals surface area (Å²) < 4.78 is 17.6. The van der Waals surface area contributed by atoms with Gasteiger partial charge < -0.3 is 28.8 Å². The van der Waals surface area contributed by atoms with Crippen molar-refractivity contribution in [2.45, 2.75) is 61.8 Å². The first-order chi connectivity index (χ1) is 19.8. The molecule has 8 nitrogen and oxygen atoms in total. The van der Waals surface area contributed by atoms with Gasteiger partial charge in [-0.05, 0) is 68.5 Å². The van der Waals surface area contributed by atoms with E-state index >= 15 is 0 Å². The van der Waals surface area contributed by atoms with E-state index in [1.807, 2.05) is 48.2 Å². The van der Waals surface area contributed by atoms with Crippen molar-refractivity contribution < 1.29 is 28.6 Å². The summed E-state index contributed by atoms with van der Waals surface area (Å²) in [6, 6.07) is 12.7. The lowest BCUT2D eigenvalue weighted by molar-refractivity contribution is -0.191. The van der Waals surface area contributed by atoms with Crippen LogP contribution in [-0.2, 0) is 16.6 Å². The number of ether oxygens (including phenoxy) is 2. The normalized spacial score (nSPS) is 29.2. The predicted octanol–water partition coefficient (Wildman–Crippen LogP) is 4.13. The largest absolute Gasteiger partial charge is 0.493 e. The zero-order valence-electron chi connectivity index (χ0n) is 23.5. The van der Waals surface area contributed by atoms with Crippen molar-refractivity contribution >= 4 is 17.9 Å². The van der Waals surface area contributed by atoms with Crippen LogP contribution in [0, 0.1) is 6.92 Å². The van der Waals surface area contributed by atoms with Crippen molar-refractivity contribution in [3.63, 3.8) is 0 Å². The smallest absolute Gasteiger partial charge is 0.254 e. The minimum Gasteiger partial charge on any atom is -0.493 e. The van der Waals surface area contributed by atoms with Crippen molar-refractivity contribution in [2.24, 2.45) is 0 Å². The average molecular weight is 555 g/mol. The predicted molar refractivity (Wildman–Crippen MR) is 152 cm³/mol. The Balaban J connectivity index is 1.29. The van der Waals surface area contributed by atoms with Crippen molar-refractivity contribution in [1.82, 2.24) is 9.80 Å². The summed E-state index contributed by atoms with van der Waals surface area (Å²) in [6.45, 7) is 2.49. The SMILES string of the molecule is COc1ccc2c3c1O[C@H]1[C@H](N(C)C(=O)/C=C/c4ccoc4)CC[C@@]4(O)C(C2)N(C(=O)c2ccc(C)cc2)CCC314. The summed E-state index contributed by atoms with van der Waals surface area (Å²) in [4.78, 5) is 30.8. The van der Waals surface area contributed by atoms with Crippen LogP contribution in [0.5, 0.6) is 11.5 Å². The Morgan fingerprint density at radius 3 is 2.68 bits per heavy atom. The number of nitrogens with zero attached hydrogens (tertiary/aromatic N) is 2. The van der Waals surface area contributed by atoms with E-state index in [2.05, 4.69) is 0 Å². The summed E-state index contributed by atoms with van der Waals surface area (Å²) in [5.41, 5.74) is 2.59. The van der Waals surface area contributed by atoms with E-state index in [0.717, 1.165) is 22.3 Å². The maximum Gasteiger partial charge on any atom is 0.254 e. The standard InChI is InChI=1S/C33H34N2O6/c1-20-4-7-22(8-5-20)31(37)35-16-15-32-28-23-9-10-25(39-3)29(28)41-30(32)24(12-14-33(32,38)26(35)18-23)34(2)27(36)11-6-21-13-17-40-19-21/h4-11,13,17,19,24,26,30,38H,12,14-16,18H2,1-3H3/b11-6+/t24-,26?,30+,32?,33-/m1/s1. The van der Waals surface area contributed by atoms with Gasteiger partial charge >= 0.3 is 0 Å². The summed E-state index contributed by atoms with van der Waals surface area (Å²) in [5.74, 6) is 1.07. The molecule has 4 aliphatic rings. The van der Waals surface area contributed by atoms with Gasteiger partial charge in [-0.15, -0.1) is 0 Å². The zero-order valence-corrected chi connectivity index (χ0v) is 23.5. The van der Waals surface area contributed by atoms with Gasteiger partial charge in [-0.1, -0.05) is 23.8 Å². The highest BCUT2D eigenvalue weighted by molar-refractivity contribution is 5.95. The number of carbonyl (C=O) groups is 2. The first-order valence-electron chi connectivity index (χ1n) is 14.2. The summed E-state index contributed by atoms with van der Waals surface area (Å²) >= 11 is 0. The summed E-state index contributed by atoms with van der Waals surface area (Å²) in [5, 5.41) is 12.8. The third-order valence-electron chi connectivity index (χ3n) is 10.0. The molecule has 3 heterocycles. The van der Waals surface area contributed by atoms with Crippen LogP contribution in [-0.4, -0.2) is 71.2 Å². The van der Waals surface area contributed by atoms with Crippen LogP contribution >= 0.6 is 0 Å². The molecule has 1 aromatic heterocycles. The molecule has 212 valence electrons. The molecule has 1 spiro atoms. The van der Waals surface area contributed by atoms with Gasteiger partial charge in [0.25, 0.3) is 5.91 Å². The van der Waals surface area contributed by atoms with E-state index < -0.39 is 23.2 Å². The van der Waals surface area contributed by atoms with Gasteiger partial charge in [-0.2, -0.15) is 0 Å². The Labute approximate surface area is 239 Å². The molecule has 0 radical (unpaired) electrons. The molecule has 3 aromatic rings. The quantitative estimate of drug-likeness (QED) is 0.477. The van der Waals surface area contributed by atoms with Crippen LogP contribution in [0.15, 0.2) is 65.5 Å². The minimum absolute atomic E-state index is 0.0651. The fourth-order valence-electron chi connectivity index (χ4n) is 7.99. The number of aryl methyl sites for hydroxylation is 1. The Bertz CT molecular complexity index is 1550. The topological polar surface area (TPSA) is 92.4 Å². The molecule has 7 rings (SSSR count). The molecule has 2 unspecified atom stereocenters. The van der Waals surface area contributed by atoms with Crippen LogP contribution < -0.4 is 9.47 Å². The Morgan fingerprint density at radius 1 is 1.15 bits per heavy atom. The molecule has 5 atom stereocenters. The number of likely N-dealkylation sites (tertiary alicyclic amines) is 1. The van der Waals surface area contributed by atoms with Crippen molar-refractivity contribution in [1.29, 1.82) is 0 Å². The second-order valence-electron chi connectivity index (χ2n) is 11.8. The number of amides is 2. The number of benzene rings is 2. The highest BCUT2D eigenvalue weighted by atomic mass is 16.5. The Hall–Kier alpha value is -4.04. The molecular formula is C33H34N2O6. The number of furan rings is 1. The number of aliphatic hydroxyl groups is 1. The molecule has 41 heavy (non-hydrogen) atoms. The van der Waals surface area contributed by atoms with Gasteiger partial charge in [0.15, 0.2) is 11.5 Å². The molecule has 1 saturated carbocycles. The van der Waals surface area contributed by atoms with E-state index in [9.17, 15) is 14.7 Å². The molecule has 2 bridgehead atoms. The highest BCUT2D eigenvalue weighted by Gasteiger charge is 2.74. The molecule has 1 saturated heterocycles. The molecular weight excluding hydrogens is 520 g/mol. The van der Waals surface area contributed by atoms with Gasteiger partial charge in [0.1, 0.15) is 6.10 Å². The molecule has 2 aromatic carbocycles. The van der Waals surface area contributed by atoms with Crippen LogP contribution in [0.1, 0.15) is 51.9 Å². The molecule has 2 aliphatic heterocycles. The van der Waals surface area contributed by atoms with Gasteiger partial charge in [-0.25, -0.2) is 0 Å². The Morgan fingerprint density at radius 2 is 1.95 bits per heavy atom. The van der Waals surface area contributed by atoms with Crippen molar-refractivity contribution in [3.05, 3.63) is 88.9 Å². The van der Waals surface area contributed by atoms with Crippen molar-refractivity contribution in [3.8, 4) is 11.5 Å². The number of rotatable bonds is 5. The van der Waals surface area contributed by atoms with Gasteiger partial charge in [0.05, 0.1) is 42.7 Å². The maximum absolute atomic E-state index is 13.9. The minimum atomic E-state index is -1.21. The lowest BCUT2D eigenvalue weighted by Gasteiger charge is -2.64. The van der Waals surface area contributed by atoms with E-state index in [-0.39, 0.29) is 17.9 Å². The molecule has 2 fully saturated rings. The molecule has 1 N–H and O–H groups in total. The second kappa shape index (κ2) is 9.24. The maximum atomic E-state index is 13.9. The number of likely N-dealkylation sites (N-methyl/N-ethyl adjacent to an activating group) is 1. The zero-order chi connectivity index (χ0) is 28.5. The van der Waals surface area contributed by atoms with Gasteiger partial charge in [0, 0.05) is 36.4 Å². The lowest BCUT2D eigenvalue weighted by atomic mass is 9.48. The summed E-state index contributed by atoms with van der Waals surface area (Å²) in [7, 11) is 3.42. The Kier molecular flexibility index (Phi) is 5.84. The third-order valence-corrected chi connectivity index (χ3v) is 10.0. The van der Waals surface area contributed by atoms with Gasteiger partial charge in [-0.3, -0.25) is 9.59 Å². The number of carbonyl (C=O) groups excluding carboxylic acids is 2. The number of methoxy groups -OCH3 is 1. The molecule has 8 heteroatoms. The van der Waals surface area contributed by atoms with Gasteiger partial charge in [0.2, 0.25) is 5.91 Å². The number of hydrogen-bond donors (Lipinski definition) is 1. The van der Waals surface area contributed by atoms with E-state index in [0.29, 0.717) is 49.3 Å². The second-order valence-corrected chi connectivity index (χ2v) is 11.8. The lowest BCUT2D eigenvalue weighted by Crippen LogP contribution is -2.78. The summed E-state index contributed by atoms with van der Waals surface area (Å²) in [6.07, 6.45) is 7.99. The first-order valence-corrected chi connectivity index (χ1v) is 14.2. The number of piperidine rings is 1. The van der Waals surface area contributed by atoms with E-state index in [1.54, 1.807) is 49.8 Å². The monoisotopic (exact) mass is 554 g/mol. The molecule has 2 amide bonds. The fourth-order valence-corrected chi connectivity index (χ4v) is 7.99. The number of hydrogen-bond acceptors (Lipinski definition) is 6. The van der Waals surface area contributed by atoms with Crippen LogP contribution in [0.2, 0.25) is 0 Å². The highest BCUT2D eigenvalue weighted by Crippen LogP contribution is 2.66. The van der Waals surface area contributed by atoms with Crippen LogP contribution in [0.3, 0.4) is 0 Å². The van der Waals surface area contributed by atoms with Crippen molar-refractivity contribution in [2.75, 3.05) is 20.7 Å². The third kappa shape index (κ3) is 3.56. The van der Waals surface area contributed by atoms with Crippen LogP contribution in [0.25, 0.3) is 6.08 Å². The molecule has 2 aliphatic carbocycles. The fraction of sp³-hybridized carbons (Fsp3) is 0.394.